The maximum atomic E-state index is 11.9. The van der Waals surface area contributed by atoms with Crippen molar-refractivity contribution in [1.29, 1.82) is 0 Å². The van der Waals surface area contributed by atoms with Crippen molar-refractivity contribution in [1.82, 2.24) is 5.32 Å². The van der Waals surface area contributed by atoms with Crippen LogP contribution in [0.4, 0.5) is 0 Å². The molecular weight excluding hydrogens is 330 g/mol. The van der Waals surface area contributed by atoms with Gasteiger partial charge in [0, 0.05) is 18.1 Å². The smallest absolute Gasteiger partial charge is 0.217 e. The van der Waals surface area contributed by atoms with Gasteiger partial charge in [0.1, 0.15) is 17.2 Å². The Balaban J connectivity index is 2.30. The van der Waals surface area contributed by atoms with Crippen LogP contribution in [-0.2, 0) is 4.79 Å². The molecule has 0 fully saturated rings. The van der Waals surface area contributed by atoms with E-state index in [1.807, 2.05) is 30.3 Å². The minimum Gasteiger partial charge on any atom is -0.508 e. The number of rotatable bonds is 5. The molecule has 3 aromatic carbocycles. The number of aromatic hydroxyl groups is 1. The van der Waals surface area contributed by atoms with E-state index in [0.717, 1.165) is 10.8 Å². The molecule has 1 amide bonds. The van der Waals surface area contributed by atoms with Gasteiger partial charge in [-0.1, -0.05) is 30.3 Å². The Bertz CT molecular complexity index is 952. The van der Waals surface area contributed by atoms with Crippen molar-refractivity contribution in [2.45, 2.75) is 13.0 Å². The molecule has 0 heterocycles. The van der Waals surface area contributed by atoms with Crippen molar-refractivity contribution in [3.63, 3.8) is 0 Å². The minimum absolute atomic E-state index is 0.104. The molecule has 0 spiro atoms. The number of phenols is 1. The summed E-state index contributed by atoms with van der Waals surface area (Å²) in [4.78, 5) is 11.9. The van der Waals surface area contributed by atoms with Gasteiger partial charge in [-0.15, -0.1) is 0 Å². The number of methoxy groups -OCH3 is 2. The van der Waals surface area contributed by atoms with E-state index in [2.05, 4.69) is 5.32 Å². The molecule has 3 rings (SSSR count). The number of hydrogen-bond acceptors (Lipinski definition) is 4. The fourth-order valence-electron chi connectivity index (χ4n) is 3.16. The van der Waals surface area contributed by atoms with Crippen LogP contribution in [-0.4, -0.2) is 25.2 Å². The van der Waals surface area contributed by atoms with Crippen molar-refractivity contribution >= 4 is 16.7 Å². The summed E-state index contributed by atoms with van der Waals surface area (Å²) in [6, 6.07) is 16.0. The van der Waals surface area contributed by atoms with E-state index in [4.69, 9.17) is 9.47 Å². The molecule has 5 heteroatoms. The van der Waals surface area contributed by atoms with E-state index in [0.29, 0.717) is 22.6 Å². The van der Waals surface area contributed by atoms with Crippen molar-refractivity contribution < 1.29 is 19.4 Å². The van der Waals surface area contributed by atoms with Crippen LogP contribution in [0.2, 0.25) is 0 Å². The van der Waals surface area contributed by atoms with Gasteiger partial charge in [0.15, 0.2) is 0 Å². The zero-order valence-corrected chi connectivity index (χ0v) is 14.9. The van der Waals surface area contributed by atoms with Crippen LogP contribution in [0.15, 0.2) is 54.6 Å². The third kappa shape index (κ3) is 3.28. The number of nitrogens with one attached hydrogen (secondary N) is 1. The lowest BCUT2D eigenvalue weighted by molar-refractivity contribution is -0.119. The molecule has 5 nitrogen and oxygen atoms in total. The molecule has 0 aromatic heterocycles. The van der Waals surface area contributed by atoms with Crippen LogP contribution >= 0.6 is 0 Å². The van der Waals surface area contributed by atoms with Crippen LogP contribution in [0.25, 0.3) is 10.8 Å². The van der Waals surface area contributed by atoms with Crippen LogP contribution in [0.3, 0.4) is 0 Å². The number of carbonyl (C=O) groups excluding carboxylic acids is 1. The Morgan fingerprint density at radius 1 is 1.04 bits per heavy atom. The minimum atomic E-state index is -0.594. The van der Waals surface area contributed by atoms with Crippen LogP contribution in [0.1, 0.15) is 24.1 Å². The average Bonchev–Trinajstić information content (AvgIpc) is 2.65. The zero-order chi connectivity index (χ0) is 18.7. The number of phenolic OH excluding ortho intramolecular Hbond substituents is 1. The topological polar surface area (TPSA) is 67.8 Å². The Labute approximate surface area is 152 Å². The first-order chi connectivity index (χ1) is 12.5. The van der Waals surface area contributed by atoms with E-state index < -0.39 is 6.04 Å². The quantitative estimate of drug-likeness (QED) is 0.734. The summed E-state index contributed by atoms with van der Waals surface area (Å²) in [5.41, 5.74) is 1.32. The molecule has 0 bridgehead atoms. The lowest BCUT2D eigenvalue weighted by Gasteiger charge is -2.24. The van der Waals surface area contributed by atoms with Gasteiger partial charge in [0.25, 0.3) is 0 Å². The van der Waals surface area contributed by atoms with E-state index in [-0.39, 0.29) is 11.7 Å². The molecular formula is C21H21NO4. The third-order valence-corrected chi connectivity index (χ3v) is 4.33. The maximum absolute atomic E-state index is 11.9. The monoisotopic (exact) mass is 351 g/mol. The van der Waals surface area contributed by atoms with Crippen molar-refractivity contribution in [2.75, 3.05) is 14.2 Å². The highest BCUT2D eigenvalue weighted by Crippen LogP contribution is 2.40. The number of amides is 1. The molecule has 1 atom stereocenters. The largest absolute Gasteiger partial charge is 0.508 e. The lowest BCUT2D eigenvalue weighted by atomic mass is 9.92. The van der Waals surface area contributed by atoms with Gasteiger partial charge in [-0.05, 0) is 35.0 Å². The first-order valence-corrected chi connectivity index (χ1v) is 8.24. The first kappa shape index (κ1) is 17.6. The maximum Gasteiger partial charge on any atom is 0.217 e. The SMILES string of the molecule is COc1ccc(OC)c(C(NC(C)=O)c2c(O)ccc3ccccc23)c1. The normalized spacial score (nSPS) is 11.8. The van der Waals surface area contributed by atoms with Crippen LogP contribution < -0.4 is 14.8 Å². The standard InChI is InChI=1S/C21H21NO4/c1-13(23)22-21(17-12-15(25-2)9-11-19(17)26-3)20-16-7-5-4-6-14(16)8-10-18(20)24/h4-12,21,24H,1-3H3,(H,22,23). The summed E-state index contributed by atoms with van der Waals surface area (Å²) in [5, 5.41) is 15.4. The van der Waals surface area contributed by atoms with E-state index in [1.165, 1.54) is 6.92 Å². The summed E-state index contributed by atoms with van der Waals surface area (Å²) in [6.45, 7) is 1.45. The number of fused-ring (bicyclic) bond motifs is 1. The van der Waals surface area contributed by atoms with E-state index >= 15 is 0 Å². The Hall–Kier alpha value is -3.21. The second kappa shape index (κ2) is 7.35. The molecule has 0 aliphatic heterocycles. The Morgan fingerprint density at radius 2 is 1.81 bits per heavy atom. The van der Waals surface area contributed by atoms with E-state index in [9.17, 15) is 9.90 Å². The number of ether oxygens (including phenoxy) is 2. The number of carbonyl (C=O) groups is 1. The second-order valence-electron chi connectivity index (χ2n) is 5.96. The van der Waals surface area contributed by atoms with Gasteiger partial charge in [0.2, 0.25) is 5.91 Å². The molecule has 0 saturated carbocycles. The molecule has 0 aliphatic rings. The predicted octanol–water partition coefficient (Wildman–Crippen LogP) is 3.79. The fraction of sp³-hybridized carbons (Fsp3) is 0.190. The average molecular weight is 351 g/mol. The molecule has 0 saturated heterocycles. The molecule has 1 unspecified atom stereocenters. The van der Waals surface area contributed by atoms with Crippen molar-refractivity contribution in [3.8, 4) is 17.2 Å². The predicted molar refractivity (Wildman–Crippen MR) is 101 cm³/mol. The summed E-state index contributed by atoms with van der Waals surface area (Å²) >= 11 is 0. The van der Waals surface area contributed by atoms with Crippen LogP contribution in [0, 0.1) is 0 Å². The highest BCUT2D eigenvalue weighted by Gasteiger charge is 2.25. The van der Waals surface area contributed by atoms with Gasteiger partial charge >= 0.3 is 0 Å². The molecule has 2 N–H and O–H groups in total. The van der Waals surface area contributed by atoms with Crippen LogP contribution in [0.5, 0.6) is 17.2 Å². The summed E-state index contributed by atoms with van der Waals surface area (Å²) in [7, 11) is 3.15. The Morgan fingerprint density at radius 3 is 2.50 bits per heavy atom. The zero-order valence-electron chi connectivity index (χ0n) is 14.9. The fourth-order valence-corrected chi connectivity index (χ4v) is 3.16. The van der Waals surface area contributed by atoms with Gasteiger partial charge in [0.05, 0.1) is 20.3 Å². The molecule has 3 aromatic rings. The Kier molecular flexibility index (Phi) is 4.98. The third-order valence-electron chi connectivity index (χ3n) is 4.33. The molecule has 0 radical (unpaired) electrons. The van der Waals surface area contributed by atoms with Gasteiger partial charge in [-0.2, -0.15) is 0 Å². The number of benzene rings is 3. The lowest BCUT2D eigenvalue weighted by Crippen LogP contribution is -2.27. The van der Waals surface area contributed by atoms with Crippen molar-refractivity contribution in [3.05, 3.63) is 65.7 Å². The summed E-state index contributed by atoms with van der Waals surface area (Å²) in [6.07, 6.45) is 0. The molecule has 134 valence electrons. The highest BCUT2D eigenvalue weighted by atomic mass is 16.5. The summed E-state index contributed by atoms with van der Waals surface area (Å²) < 4.78 is 10.8. The van der Waals surface area contributed by atoms with Crippen molar-refractivity contribution in [2.24, 2.45) is 0 Å². The summed E-state index contributed by atoms with van der Waals surface area (Å²) in [5.74, 6) is 1.12. The van der Waals surface area contributed by atoms with Gasteiger partial charge < -0.3 is 19.9 Å². The first-order valence-electron chi connectivity index (χ1n) is 8.24. The van der Waals surface area contributed by atoms with E-state index in [1.54, 1.807) is 38.5 Å². The molecule has 0 aliphatic carbocycles. The molecule has 26 heavy (non-hydrogen) atoms. The van der Waals surface area contributed by atoms with Gasteiger partial charge in [-0.25, -0.2) is 0 Å². The van der Waals surface area contributed by atoms with Gasteiger partial charge in [-0.3, -0.25) is 4.79 Å². The number of hydrogen-bond donors (Lipinski definition) is 2. The second-order valence-corrected chi connectivity index (χ2v) is 5.96. The highest BCUT2D eigenvalue weighted by molar-refractivity contribution is 5.89.